The Morgan fingerprint density at radius 2 is 1.87 bits per heavy atom. The molecule has 1 N–H and O–H groups in total. The zero-order valence-corrected chi connectivity index (χ0v) is 18.4. The van der Waals surface area contributed by atoms with E-state index in [0.29, 0.717) is 56.0 Å². The summed E-state index contributed by atoms with van der Waals surface area (Å²) < 4.78 is 15.9. The van der Waals surface area contributed by atoms with Crippen LogP contribution in [0.15, 0.2) is 33.5 Å². The van der Waals surface area contributed by atoms with Crippen LogP contribution in [-0.2, 0) is 4.74 Å². The third-order valence-corrected chi connectivity index (χ3v) is 4.93. The maximum atomic E-state index is 12.5. The molecule has 9 heteroatoms. The Hall–Kier alpha value is -3.07. The summed E-state index contributed by atoms with van der Waals surface area (Å²) >= 11 is 0. The number of ether oxygens (including phenoxy) is 2. The number of amides is 2. The van der Waals surface area contributed by atoms with Crippen LogP contribution in [0.4, 0.5) is 4.79 Å². The van der Waals surface area contributed by atoms with Gasteiger partial charge in [-0.15, -0.1) is 0 Å². The second kappa shape index (κ2) is 9.38. The molecule has 0 saturated carbocycles. The average molecular weight is 431 g/mol. The van der Waals surface area contributed by atoms with Crippen LogP contribution in [0, 0.1) is 0 Å². The van der Waals surface area contributed by atoms with Crippen molar-refractivity contribution in [3.05, 3.63) is 40.2 Å². The number of benzene rings is 1. The van der Waals surface area contributed by atoms with Gasteiger partial charge in [0.05, 0.1) is 7.11 Å². The number of fused-ring (bicyclic) bond motifs is 1. The second-order valence-corrected chi connectivity index (χ2v) is 8.39. The van der Waals surface area contributed by atoms with E-state index in [0.717, 1.165) is 0 Å². The lowest BCUT2D eigenvalue weighted by atomic mass is 10.1. The summed E-state index contributed by atoms with van der Waals surface area (Å²) in [4.78, 5) is 40.7. The molecule has 0 spiro atoms. The van der Waals surface area contributed by atoms with Gasteiger partial charge in [-0.3, -0.25) is 9.69 Å². The van der Waals surface area contributed by atoms with Crippen LogP contribution < -0.4 is 15.7 Å². The lowest BCUT2D eigenvalue weighted by Gasteiger charge is -2.35. The Balaban J connectivity index is 1.51. The summed E-state index contributed by atoms with van der Waals surface area (Å²) in [5.41, 5.74) is -0.954. The maximum absolute atomic E-state index is 12.5. The third-order valence-electron chi connectivity index (χ3n) is 4.93. The Morgan fingerprint density at radius 1 is 1.16 bits per heavy atom. The molecule has 2 heterocycles. The van der Waals surface area contributed by atoms with Gasteiger partial charge in [0.25, 0.3) is 5.91 Å². The van der Waals surface area contributed by atoms with E-state index in [4.69, 9.17) is 13.9 Å². The number of nitrogens with one attached hydrogen (secondary N) is 1. The van der Waals surface area contributed by atoms with Gasteiger partial charge in [-0.05, 0) is 32.9 Å². The van der Waals surface area contributed by atoms with Crippen LogP contribution in [0.25, 0.3) is 11.0 Å². The predicted molar refractivity (Wildman–Crippen MR) is 116 cm³/mol. The van der Waals surface area contributed by atoms with E-state index >= 15 is 0 Å². The Bertz CT molecular complexity index is 1000. The molecule has 0 radical (unpaired) electrons. The van der Waals surface area contributed by atoms with Crippen LogP contribution in [0.3, 0.4) is 0 Å². The van der Waals surface area contributed by atoms with Crippen molar-refractivity contribution in [3.63, 3.8) is 0 Å². The van der Waals surface area contributed by atoms with E-state index in [9.17, 15) is 14.4 Å². The molecule has 168 valence electrons. The molecule has 1 aliphatic rings. The molecule has 3 rings (SSSR count). The van der Waals surface area contributed by atoms with Gasteiger partial charge in [0, 0.05) is 44.7 Å². The zero-order valence-electron chi connectivity index (χ0n) is 18.4. The van der Waals surface area contributed by atoms with Crippen LogP contribution in [0.2, 0.25) is 0 Å². The smallest absolute Gasteiger partial charge is 0.410 e. The van der Waals surface area contributed by atoms with Crippen molar-refractivity contribution in [1.29, 1.82) is 0 Å². The van der Waals surface area contributed by atoms with E-state index in [1.54, 1.807) is 23.1 Å². The van der Waals surface area contributed by atoms with E-state index in [1.165, 1.54) is 13.2 Å². The van der Waals surface area contributed by atoms with Crippen molar-refractivity contribution >= 4 is 23.0 Å². The van der Waals surface area contributed by atoms with Crippen molar-refractivity contribution in [1.82, 2.24) is 15.1 Å². The molecule has 0 bridgehead atoms. The number of nitrogens with zero attached hydrogens (tertiary/aromatic N) is 2. The summed E-state index contributed by atoms with van der Waals surface area (Å²) in [6.45, 7) is 9.03. The number of carbonyl (C=O) groups is 2. The summed E-state index contributed by atoms with van der Waals surface area (Å²) in [5, 5.41) is 3.38. The molecule has 0 atom stereocenters. The summed E-state index contributed by atoms with van der Waals surface area (Å²) in [6, 6.07) is 6.72. The average Bonchev–Trinajstić information content (AvgIpc) is 2.72. The third kappa shape index (κ3) is 5.75. The number of methoxy groups -OCH3 is 1. The lowest BCUT2D eigenvalue weighted by molar-refractivity contribution is 0.0147. The molecule has 1 saturated heterocycles. The molecular formula is C22H29N3O6. The topological polar surface area (TPSA) is 101 Å². The first-order valence-corrected chi connectivity index (χ1v) is 10.3. The number of para-hydroxylation sites is 1. The number of hydrogen-bond acceptors (Lipinski definition) is 7. The fourth-order valence-corrected chi connectivity index (χ4v) is 3.34. The van der Waals surface area contributed by atoms with Gasteiger partial charge in [-0.1, -0.05) is 12.1 Å². The molecule has 0 aliphatic carbocycles. The Kier molecular flexibility index (Phi) is 6.84. The van der Waals surface area contributed by atoms with Gasteiger partial charge in [0.2, 0.25) is 0 Å². The predicted octanol–water partition coefficient (Wildman–Crippen LogP) is 2.08. The Labute approximate surface area is 180 Å². The first-order chi connectivity index (χ1) is 14.7. The van der Waals surface area contributed by atoms with Gasteiger partial charge >= 0.3 is 11.7 Å². The zero-order chi connectivity index (χ0) is 22.6. The fraction of sp³-hybridized carbons (Fsp3) is 0.500. The summed E-state index contributed by atoms with van der Waals surface area (Å²) in [6.07, 6.45) is -0.305. The largest absolute Gasteiger partial charge is 0.493 e. The molecular weight excluding hydrogens is 402 g/mol. The fourth-order valence-electron chi connectivity index (χ4n) is 3.34. The first kappa shape index (κ1) is 22.6. The highest BCUT2D eigenvalue weighted by atomic mass is 16.6. The van der Waals surface area contributed by atoms with E-state index in [-0.39, 0.29) is 11.7 Å². The summed E-state index contributed by atoms with van der Waals surface area (Å²) in [7, 11) is 1.49. The van der Waals surface area contributed by atoms with E-state index in [2.05, 4.69) is 10.2 Å². The molecule has 31 heavy (non-hydrogen) atoms. The highest BCUT2D eigenvalue weighted by Gasteiger charge is 2.25. The van der Waals surface area contributed by atoms with Gasteiger partial charge < -0.3 is 24.1 Å². The van der Waals surface area contributed by atoms with Gasteiger partial charge in [-0.2, -0.15) is 0 Å². The normalized spacial score (nSPS) is 15.0. The quantitative estimate of drug-likeness (QED) is 0.724. The van der Waals surface area contributed by atoms with Crippen molar-refractivity contribution < 1.29 is 23.5 Å². The minimum Gasteiger partial charge on any atom is -0.493 e. The minimum absolute atomic E-state index is 0.0458. The first-order valence-electron chi connectivity index (χ1n) is 10.3. The number of carbonyl (C=O) groups excluding carboxylic acids is 2. The SMILES string of the molecule is COc1cccc2cc(C(=O)NCCN3CCN(C(=O)OC(C)(C)C)CC3)c(=O)oc12. The molecule has 0 unspecified atom stereocenters. The van der Waals surface area contributed by atoms with E-state index < -0.39 is 17.1 Å². The van der Waals surface area contributed by atoms with E-state index in [1.807, 2.05) is 20.8 Å². The second-order valence-electron chi connectivity index (χ2n) is 8.39. The molecule has 2 amide bonds. The lowest BCUT2D eigenvalue weighted by Crippen LogP contribution is -2.51. The van der Waals surface area contributed by atoms with Crippen molar-refractivity contribution in [3.8, 4) is 5.75 Å². The molecule has 9 nitrogen and oxygen atoms in total. The molecule has 1 aromatic carbocycles. The highest BCUT2D eigenvalue weighted by molar-refractivity contribution is 5.97. The van der Waals surface area contributed by atoms with Crippen molar-refractivity contribution in [2.45, 2.75) is 26.4 Å². The Morgan fingerprint density at radius 3 is 2.52 bits per heavy atom. The van der Waals surface area contributed by atoms with Crippen LogP contribution in [0.1, 0.15) is 31.1 Å². The van der Waals surface area contributed by atoms with Crippen LogP contribution >= 0.6 is 0 Å². The van der Waals surface area contributed by atoms with Crippen molar-refractivity contribution in [2.24, 2.45) is 0 Å². The highest BCUT2D eigenvalue weighted by Crippen LogP contribution is 2.24. The minimum atomic E-state index is -0.708. The molecule has 1 aromatic heterocycles. The van der Waals surface area contributed by atoms with Crippen LogP contribution in [-0.4, -0.2) is 73.8 Å². The molecule has 1 aliphatic heterocycles. The molecule has 2 aromatic rings. The van der Waals surface area contributed by atoms with Crippen LogP contribution in [0.5, 0.6) is 5.75 Å². The van der Waals surface area contributed by atoms with Gasteiger partial charge in [0.1, 0.15) is 11.2 Å². The van der Waals surface area contributed by atoms with Crippen molar-refractivity contribution in [2.75, 3.05) is 46.4 Å². The standard InChI is InChI=1S/C22H29N3O6/c1-22(2,3)31-21(28)25-12-10-24(11-13-25)9-8-23-19(26)16-14-15-6-5-7-17(29-4)18(15)30-20(16)27/h5-7,14H,8-13H2,1-4H3,(H,23,26). The number of hydrogen-bond donors (Lipinski definition) is 1. The molecule has 1 fully saturated rings. The summed E-state index contributed by atoms with van der Waals surface area (Å²) in [5.74, 6) is -0.0436. The monoisotopic (exact) mass is 431 g/mol. The number of piperazine rings is 1. The van der Waals surface area contributed by atoms with Gasteiger partial charge in [0.15, 0.2) is 11.3 Å². The van der Waals surface area contributed by atoms with Gasteiger partial charge in [-0.25, -0.2) is 9.59 Å². The maximum Gasteiger partial charge on any atom is 0.410 e. The number of rotatable bonds is 5.